The van der Waals surface area contributed by atoms with Crippen LogP contribution in [0, 0.1) is 0 Å². The molecule has 1 aliphatic rings. The van der Waals surface area contributed by atoms with Gasteiger partial charge in [0.2, 0.25) is 5.91 Å². The maximum absolute atomic E-state index is 13.5. The van der Waals surface area contributed by atoms with E-state index in [1.54, 1.807) is 11.8 Å². The van der Waals surface area contributed by atoms with Crippen LogP contribution in [0.1, 0.15) is 102 Å². The van der Waals surface area contributed by atoms with Crippen molar-refractivity contribution in [1.29, 1.82) is 0 Å². The predicted octanol–water partition coefficient (Wildman–Crippen LogP) is 7.61. The Labute approximate surface area is 239 Å². The summed E-state index contributed by atoms with van der Waals surface area (Å²) >= 11 is 0. The largest absolute Gasteiger partial charge is 0.463 e. The molecule has 1 atom stereocenters. The molecule has 1 unspecified atom stereocenters. The Morgan fingerprint density at radius 1 is 0.875 bits per heavy atom. The molecule has 7 nitrogen and oxygen atoms in total. The van der Waals surface area contributed by atoms with Gasteiger partial charge in [-0.15, -0.1) is 0 Å². The Morgan fingerprint density at radius 2 is 1.57 bits per heavy atom. The highest BCUT2D eigenvalue weighted by molar-refractivity contribution is 6.04. The lowest BCUT2D eigenvalue weighted by Crippen LogP contribution is -2.48. The second-order valence-corrected chi connectivity index (χ2v) is 10.3. The quantitative estimate of drug-likeness (QED) is 0.167. The lowest BCUT2D eigenvalue weighted by molar-refractivity contribution is -0.139. The number of unbranched alkanes of at least 4 members (excludes halogenated alkanes) is 7. The fourth-order valence-corrected chi connectivity index (χ4v) is 5.03. The SMILES string of the molecule is CCCCCCCCCC(=O)Nc1cccc(C2NC(=O)N(CCCC)C(c3ccccc3)=C2C(=O)OCC)c1. The maximum Gasteiger partial charge on any atom is 0.338 e. The molecule has 0 aromatic heterocycles. The number of hydrogen-bond donors (Lipinski definition) is 2. The number of anilines is 1. The van der Waals surface area contributed by atoms with Crippen molar-refractivity contribution >= 4 is 29.3 Å². The first kappa shape index (κ1) is 30.9. The smallest absolute Gasteiger partial charge is 0.338 e. The normalized spacial score (nSPS) is 15.1. The zero-order valence-electron chi connectivity index (χ0n) is 24.3. The molecule has 7 heteroatoms. The van der Waals surface area contributed by atoms with E-state index >= 15 is 0 Å². The van der Waals surface area contributed by atoms with Crippen molar-refractivity contribution in [3.05, 3.63) is 71.3 Å². The van der Waals surface area contributed by atoms with Crippen molar-refractivity contribution in [1.82, 2.24) is 10.2 Å². The molecular weight excluding hydrogens is 502 g/mol. The molecule has 0 radical (unpaired) electrons. The van der Waals surface area contributed by atoms with Gasteiger partial charge < -0.3 is 15.4 Å². The Bertz CT molecular complexity index is 1150. The molecule has 216 valence electrons. The van der Waals surface area contributed by atoms with E-state index in [1.165, 1.54) is 25.7 Å². The highest BCUT2D eigenvalue weighted by Gasteiger charge is 2.38. The van der Waals surface area contributed by atoms with Crippen LogP contribution in [-0.4, -0.2) is 36.0 Å². The number of esters is 1. The number of nitrogens with zero attached hydrogens (tertiary/aromatic N) is 1. The minimum atomic E-state index is -0.723. The van der Waals surface area contributed by atoms with E-state index in [0.717, 1.165) is 37.7 Å². The molecule has 40 heavy (non-hydrogen) atoms. The van der Waals surface area contributed by atoms with Gasteiger partial charge in [0.1, 0.15) is 0 Å². The number of ether oxygens (including phenoxy) is 1. The molecule has 2 aromatic carbocycles. The summed E-state index contributed by atoms with van der Waals surface area (Å²) in [7, 11) is 0. The first-order chi connectivity index (χ1) is 19.5. The van der Waals surface area contributed by atoms with Gasteiger partial charge in [-0.25, -0.2) is 9.59 Å². The van der Waals surface area contributed by atoms with Gasteiger partial charge in [0.25, 0.3) is 0 Å². The third-order valence-corrected chi connectivity index (χ3v) is 7.12. The van der Waals surface area contributed by atoms with Crippen LogP contribution in [0.4, 0.5) is 10.5 Å². The third-order valence-electron chi connectivity index (χ3n) is 7.12. The molecule has 3 amide bonds. The predicted molar refractivity (Wildman–Crippen MR) is 161 cm³/mol. The van der Waals surface area contributed by atoms with Crippen LogP contribution in [0.5, 0.6) is 0 Å². The highest BCUT2D eigenvalue weighted by Crippen LogP contribution is 2.37. The number of nitrogens with one attached hydrogen (secondary N) is 2. The van der Waals surface area contributed by atoms with E-state index in [2.05, 4.69) is 24.5 Å². The molecule has 0 saturated heterocycles. The van der Waals surface area contributed by atoms with Crippen LogP contribution in [0.25, 0.3) is 5.70 Å². The second-order valence-electron chi connectivity index (χ2n) is 10.3. The summed E-state index contributed by atoms with van der Waals surface area (Å²) in [5.41, 5.74) is 3.07. The van der Waals surface area contributed by atoms with E-state index in [1.807, 2.05) is 54.6 Å². The first-order valence-corrected chi connectivity index (χ1v) is 14.9. The molecule has 2 N–H and O–H groups in total. The molecule has 0 fully saturated rings. The minimum absolute atomic E-state index is 0.0322. The summed E-state index contributed by atoms with van der Waals surface area (Å²) in [6.07, 6.45) is 10.2. The number of urea groups is 1. The van der Waals surface area contributed by atoms with E-state index in [4.69, 9.17) is 4.74 Å². The van der Waals surface area contributed by atoms with Crippen molar-refractivity contribution < 1.29 is 19.1 Å². The van der Waals surface area contributed by atoms with Gasteiger partial charge >= 0.3 is 12.0 Å². The van der Waals surface area contributed by atoms with E-state index in [9.17, 15) is 14.4 Å². The van der Waals surface area contributed by atoms with Crippen LogP contribution in [0.15, 0.2) is 60.2 Å². The highest BCUT2D eigenvalue weighted by atomic mass is 16.5. The van der Waals surface area contributed by atoms with Crippen molar-refractivity contribution in [3.63, 3.8) is 0 Å². The molecule has 3 rings (SSSR count). The Morgan fingerprint density at radius 3 is 2.27 bits per heavy atom. The standard InChI is InChI=1S/C33H45N3O4/c1-4-7-9-10-11-12-16-22-28(37)34-27-21-17-20-26(24-27)30-29(32(38)40-6-3)31(25-18-14-13-15-19-25)36(23-8-5-2)33(39)35-30/h13-15,17-21,24,30H,4-12,16,22-23H2,1-3H3,(H,34,37)(H,35,39). The van der Waals surface area contributed by atoms with Crippen LogP contribution >= 0.6 is 0 Å². The lowest BCUT2D eigenvalue weighted by atomic mass is 9.91. The number of carbonyl (C=O) groups excluding carboxylic acids is 3. The summed E-state index contributed by atoms with van der Waals surface area (Å²) < 4.78 is 5.51. The molecule has 0 aliphatic carbocycles. The first-order valence-electron chi connectivity index (χ1n) is 14.9. The molecule has 1 heterocycles. The number of hydrogen-bond acceptors (Lipinski definition) is 4. The zero-order chi connectivity index (χ0) is 28.7. The molecule has 0 saturated carbocycles. The van der Waals surface area contributed by atoms with Gasteiger partial charge in [-0.2, -0.15) is 0 Å². The molecule has 0 spiro atoms. The fraction of sp³-hybridized carbons (Fsp3) is 0.485. The summed E-state index contributed by atoms with van der Waals surface area (Å²) in [5.74, 6) is -0.503. The Hall–Kier alpha value is -3.61. The van der Waals surface area contributed by atoms with Gasteiger partial charge in [-0.1, -0.05) is 101 Å². The summed E-state index contributed by atoms with van der Waals surface area (Å²) in [4.78, 5) is 41.2. The van der Waals surface area contributed by atoms with Gasteiger partial charge in [0.05, 0.1) is 23.9 Å². The van der Waals surface area contributed by atoms with E-state index < -0.39 is 12.0 Å². The van der Waals surface area contributed by atoms with Crippen LogP contribution < -0.4 is 10.6 Å². The van der Waals surface area contributed by atoms with E-state index in [0.29, 0.717) is 35.5 Å². The zero-order valence-corrected chi connectivity index (χ0v) is 24.3. The van der Waals surface area contributed by atoms with Gasteiger partial charge in [0, 0.05) is 18.7 Å². The average molecular weight is 548 g/mol. The number of carbonyl (C=O) groups is 3. The number of benzene rings is 2. The summed E-state index contributed by atoms with van der Waals surface area (Å²) in [6.45, 7) is 6.75. The van der Waals surface area contributed by atoms with Crippen LogP contribution in [-0.2, 0) is 14.3 Å². The van der Waals surface area contributed by atoms with Crippen molar-refractivity contribution in [2.75, 3.05) is 18.5 Å². The van der Waals surface area contributed by atoms with Gasteiger partial charge in [0.15, 0.2) is 0 Å². The Kier molecular flexibility index (Phi) is 12.7. The maximum atomic E-state index is 13.5. The number of rotatable bonds is 16. The third kappa shape index (κ3) is 8.70. The number of amides is 3. The van der Waals surface area contributed by atoms with Crippen LogP contribution in [0.3, 0.4) is 0 Å². The van der Waals surface area contributed by atoms with Crippen LogP contribution in [0.2, 0.25) is 0 Å². The minimum Gasteiger partial charge on any atom is -0.463 e. The average Bonchev–Trinajstić information content (AvgIpc) is 2.96. The molecule has 2 aromatic rings. The van der Waals surface area contributed by atoms with E-state index in [-0.39, 0.29) is 18.5 Å². The monoisotopic (exact) mass is 547 g/mol. The van der Waals surface area contributed by atoms with Crippen molar-refractivity contribution in [2.45, 2.75) is 91.0 Å². The van der Waals surface area contributed by atoms with Gasteiger partial charge in [-0.3, -0.25) is 9.69 Å². The molecule has 1 aliphatic heterocycles. The fourth-order valence-electron chi connectivity index (χ4n) is 5.03. The van der Waals surface area contributed by atoms with Gasteiger partial charge in [-0.05, 0) is 43.0 Å². The lowest BCUT2D eigenvalue weighted by Gasteiger charge is -2.37. The second kappa shape index (κ2) is 16.5. The molecule has 0 bridgehead atoms. The summed E-state index contributed by atoms with van der Waals surface area (Å²) in [5, 5.41) is 6.04. The van der Waals surface area contributed by atoms with Crippen molar-refractivity contribution in [3.8, 4) is 0 Å². The Balaban J connectivity index is 1.87. The topological polar surface area (TPSA) is 87.7 Å². The summed E-state index contributed by atoms with van der Waals surface area (Å²) in [6, 6.07) is 15.9. The molecular formula is C33H45N3O4. The van der Waals surface area contributed by atoms with Crippen molar-refractivity contribution in [2.24, 2.45) is 0 Å².